The van der Waals surface area contributed by atoms with Crippen molar-refractivity contribution in [1.82, 2.24) is 10.2 Å². The molecule has 0 aromatic rings. The number of nitrogens with one attached hydrogen (secondary N) is 1. The number of hydrogen-bond acceptors (Lipinski definition) is 4. The van der Waals surface area contributed by atoms with E-state index in [9.17, 15) is 5.11 Å². The molecule has 4 heteroatoms. The van der Waals surface area contributed by atoms with E-state index >= 15 is 0 Å². The van der Waals surface area contributed by atoms with Gasteiger partial charge in [0.1, 0.15) is 0 Å². The summed E-state index contributed by atoms with van der Waals surface area (Å²) in [6.07, 6.45) is 5.28. The third-order valence-electron chi connectivity index (χ3n) is 4.67. The molecule has 0 aromatic carbocycles. The van der Waals surface area contributed by atoms with Gasteiger partial charge in [-0.3, -0.25) is 4.90 Å². The van der Waals surface area contributed by atoms with Crippen LogP contribution in [-0.2, 0) is 4.74 Å². The van der Waals surface area contributed by atoms with E-state index in [2.05, 4.69) is 24.1 Å². The van der Waals surface area contributed by atoms with Crippen molar-refractivity contribution < 1.29 is 9.84 Å². The Labute approximate surface area is 124 Å². The summed E-state index contributed by atoms with van der Waals surface area (Å²) < 4.78 is 5.20. The highest BCUT2D eigenvalue weighted by atomic mass is 16.5. The van der Waals surface area contributed by atoms with Crippen LogP contribution in [0.2, 0.25) is 0 Å². The second kappa shape index (κ2) is 9.72. The Morgan fingerprint density at radius 2 is 2.00 bits per heavy atom. The first-order valence-corrected chi connectivity index (χ1v) is 8.18. The molecule has 1 aliphatic carbocycles. The minimum Gasteiger partial charge on any atom is -0.395 e. The topological polar surface area (TPSA) is 44.7 Å². The summed E-state index contributed by atoms with van der Waals surface area (Å²) in [5.74, 6) is 0.870. The Hall–Kier alpha value is -0.160. The molecule has 1 rings (SSSR count). The van der Waals surface area contributed by atoms with Gasteiger partial charge in [0.05, 0.1) is 13.2 Å². The molecule has 4 nitrogen and oxygen atoms in total. The molecule has 0 amide bonds. The number of aliphatic hydroxyl groups excluding tert-OH is 1. The minimum atomic E-state index is 0.234. The van der Waals surface area contributed by atoms with Crippen LogP contribution in [0.5, 0.6) is 0 Å². The lowest BCUT2D eigenvalue weighted by Crippen LogP contribution is -2.47. The van der Waals surface area contributed by atoms with E-state index < -0.39 is 0 Å². The second-order valence-electron chi connectivity index (χ2n) is 6.46. The zero-order valence-corrected chi connectivity index (χ0v) is 13.7. The lowest BCUT2D eigenvalue weighted by molar-refractivity contribution is 0.0591. The van der Waals surface area contributed by atoms with Gasteiger partial charge in [-0.1, -0.05) is 26.7 Å². The first-order chi connectivity index (χ1) is 9.65. The predicted octanol–water partition coefficient (Wildman–Crippen LogP) is 1.73. The van der Waals surface area contributed by atoms with E-state index in [-0.39, 0.29) is 6.61 Å². The van der Waals surface area contributed by atoms with Crippen molar-refractivity contribution in [2.75, 3.05) is 53.0 Å². The summed E-state index contributed by atoms with van der Waals surface area (Å²) in [4.78, 5) is 2.37. The van der Waals surface area contributed by atoms with Crippen LogP contribution >= 0.6 is 0 Å². The molecule has 0 saturated heterocycles. The highest BCUT2D eigenvalue weighted by molar-refractivity contribution is 4.89. The van der Waals surface area contributed by atoms with Crippen LogP contribution in [0.1, 0.15) is 39.5 Å². The first-order valence-electron chi connectivity index (χ1n) is 8.18. The normalized spacial score (nSPS) is 27.1. The van der Waals surface area contributed by atoms with Crippen molar-refractivity contribution in [2.45, 2.75) is 39.5 Å². The van der Waals surface area contributed by atoms with Crippen LogP contribution in [-0.4, -0.2) is 63.1 Å². The summed E-state index contributed by atoms with van der Waals surface area (Å²) in [6.45, 7) is 10.4. The molecule has 0 spiro atoms. The Kier molecular flexibility index (Phi) is 8.69. The maximum absolute atomic E-state index is 9.27. The zero-order valence-electron chi connectivity index (χ0n) is 13.7. The first kappa shape index (κ1) is 17.9. The fraction of sp³-hybridized carbons (Fsp3) is 1.00. The van der Waals surface area contributed by atoms with Gasteiger partial charge < -0.3 is 15.2 Å². The molecule has 120 valence electrons. The van der Waals surface area contributed by atoms with Crippen LogP contribution in [0.15, 0.2) is 0 Å². The maximum atomic E-state index is 9.27. The average Bonchev–Trinajstić information content (AvgIpc) is 2.46. The Morgan fingerprint density at radius 1 is 1.30 bits per heavy atom. The van der Waals surface area contributed by atoms with Crippen LogP contribution in [0.3, 0.4) is 0 Å². The quantitative estimate of drug-likeness (QED) is 0.642. The Morgan fingerprint density at radius 3 is 2.55 bits per heavy atom. The van der Waals surface area contributed by atoms with E-state index in [4.69, 9.17) is 4.74 Å². The second-order valence-corrected chi connectivity index (χ2v) is 6.46. The van der Waals surface area contributed by atoms with Gasteiger partial charge in [0, 0.05) is 33.3 Å². The van der Waals surface area contributed by atoms with E-state index in [0.29, 0.717) is 5.41 Å². The van der Waals surface area contributed by atoms with Crippen molar-refractivity contribution in [3.63, 3.8) is 0 Å². The lowest BCUT2D eigenvalue weighted by atomic mass is 9.70. The van der Waals surface area contributed by atoms with Crippen molar-refractivity contribution in [1.29, 1.82) is 0 Å². The maximum Gasteiger partial charge on any atom is 0.0589 e. The molecular formula is C16H34N2O2. The van der Waals surface area contributed by atoms with Crippen molar-refractivity contribution in [3.8, 4) is 0 Å². The highest BCUT2D eigenvalue weighted by Crippen LogP contribution is 2.39. The van der Waals surface area contributed by atoms with Gasteiger partial charge in [0.2, 0.25) is 0 Å². The molecule has 0 unspecified atom stereocenters. The third kappa shape index (κ3) is 6.08. The smallest absolute Gasteiger partial charge is 0.0589 e. The highest BCUT2D eigenvalue weighted by Gasteiger charge is 2.35. The van der Waals surface area contributed by atoms with Gasteiger partial charge in [-0.2, -0.15) is 0 Å². The van der Waals surface area contributed by atoms with Crippen LogP contribution in [0.25, 0.3) is 0 Å². The van der Waals surface area contributed by atoms with E-state index in [1.165, 1.54) is 25.7 Å². The monoisotopic (exact) mass is 286 g/mol. The molecule has 0 heterocycles. The van der Waals surface area contributed by atoms with E-state index in [0.717, 1.165) is 45.2 Å². The van der Waals surface area contributed by atoms with Gasteiger partial charge in [0.25, 0.3) is 0 Å². The van der Waals surface area contributed by atoms with Gasteiger partial charge in [0.15, 0.2) is 0 Å². The zero-order chi connectivity index (χ0) is 14.8. The molecule has 1 aliphatic rings. The fourth-order valence-electron chi connectivity index (χ4n) is 3.26. The van der Waals surface area contributed by atoms with Gasteiger partial charge in [-0.05, 0) is 30.7 Å². The van der Waals surface area contributed by atoms with Gasteiger partial charge in [-0.25, -0.2) is 0 Å². The molecule has 0 atom stereocenters. The third-order valence-corrected chi connectivity index (χ3v) is 4.67. The molecule has 0 radical (unpaired) electrons. The summed E-state index contributed by atoms with van der Waals surface area (Å²) >= 11 is 0. The number of methoxy groups -OCH3 is 1. The van der Waals surface area contributed by atoms with E-state index in [1.807, 2.05) is 0 Å². The van der Waals surface area contributed by atoms with Crippen molar-refractivity contribution in [3.05, 3.63) is 0 Å². The fourth-order valence-corrected chi connectivity index (χ4v) is 3.26. The Balaban J connectivity index is 2.60. The van der Waals surface area contributed by atoms with Crippen molar-refractivity contribution >= 4 is 0 Å². The summed E-state index contributed by atoms with van der Waals surface area (Å²) in [7, 11) is 1.74. The molecule has 20 heavy (non-hydrogen) atoms. The Bertz CT molecular complexity index is 235. The summed E-state index contributed by atoms with van der Waals surface area (Å²) in [6, 6.07) is 0. The lowest BCUT2D eigenvalue weighted by Gasteiger charge is -2.43. The number of hydrogen-bond donors (Lipinski definition) is 2. The molecule has 0 aliphatic heterocycles. The SMILES string of the molecule is CCNCC1(CN(CCO)CCOC)CCC(C)CC1. The van der Waals surface area contributed by atoms with Crippen LogP contribution in [0.4, 0.5) is 0 Å². The molecular weight excluding hydrogens is 252 g/mol. The number of ether oxygens (including phenoxy) is 1. The van der Waals surface area contributed by atoms with Crippen LogP contribution in [0, 0.1) is 11.3 Å². The predicted molar refractivity (Wildman–Crippen MR) is 84.0 cm³/mol. The molecule has 0 aromatic heterocycles. The number of rotatable bonds is 10. The standard InChI is InChI=1S/C16H34N2O2/c1-4-17-13-16(7-5-15(2)6-8-16)14-18(9-11-19)10-12-20-3/h15,17,19H,4-14H2,1-3H3. The van der Waals surface area contributed by atoms with Gasteiger partial charge >= 0.3 is 0 Å². The minimum absolute atomic E-state index is 0.234. The van der Waals surface area contributed by atoms with Crippen LogP contribution < -0.4 is 5.32 Å². The molecule has 0 bridgehead atoms. The summed E-state index contributed by atoms with van der Waals surface area (Å²) in [5, 5.41) is 12.8. The molecule has 2 N–H and O–H groups in total. The number of aliphatic hydroxyl groups is 1. The largest absolute Gasteiger partial charge is 0.395 e. The summed E-state index contributed by atoms with van der Waals surface area (Å²) in [5.41, 5.74) is 0.380. The number of nitrogens with zero attached hydrogens (tertiary/aromatic N) is 1. The average molecular weight is 286 g/mol. The van der Waals surface area contributed by atoms with Gasteiger partial charge in [-0.15, -0.1) is 0 Å². The molecule has 1 fully saturated rings. The van der Waals surface area contributed by atoms with E-state index in [1.54, 1.807) is 7.11 Å². The van der Waals surface area contributed by atoms with Crippen molar-refractivity contribution in [2.24, 2.45) is 11.3 Å². The molecule has 1 saturated carbocycles.